The Morgan fingerprint density at radius 2 is 2.29 bits per heavy atom. The largest absolute Gasteiger partial charge is 0.366 e. The van der Waals surface area contributed by atoms with Crippen molar-refractivity contribution in [1.29, 1.82) is 0 Å². The molecular formula is C10H11IN2O. The van der Waals surface area contributed by atoms with Crippen molar-refractivity contribution in [3.8, 4) is 0 Å². The maximum absolute atomic E-state index is 11.2. The molecule has 0 fully saturated rings. The van der Waals surface area contributed by atoms with Crippen LogP contribution in [0.3, 0.4) is 0 Å². The summed E-state index contributed by atoms with van der Waals surface area (Å²) in [4.78, 5) is 11.2. The molecule has 0 radical (unpaired) electrons. The maximum atomic E-state index is 11.2. The summed E-state index contributed by atoms with van der Waals surface area (Å²) in [6.45, 7) is 5.41. The molecule has 0 bridgehead atoms. The van der Waals surface area contributed by atoms with Gasteiger partial charge in [-0.1, -0.05) is 6.58 Å². The van der Waals surface area contributed by atoms with Crippen molar-refractivity contribution in [2.24, 2.45) is 5.73 Å². The lowest BCUT2D eigenvalue weighted by Crippen LogP contribution is -2.15. The van der Waals surface area contributed by atoms with Crippen molar-refractivity contribution in [3.63, 3.8) is 0 Å². The quantitative estimate of drug-likeness (QED) is 0.842. The molecule has 3 nitrogen and oxygen atoms in total. The summed E-state index contributed by atoms with van der Waals surface area (Å²) in [7, 11) is 0. The van der Waals surface area contributed by atoms with Gasteiger partial charge in [0.05, 0.1) is 11.3 Å². The van der Waals surface area contributed by atoms with Gasteiger partial charge in [0, 0.05) is 3.57 Å². The molecule has 0 spiro atoms. The molecule has 0 aliphatic rings. The van der Waals surface area contributed by atoms with Crippen molar-refractivity contribution in [1.82, 2.24) is 0 Å². The minimum absolute atomic E-state index is 0.426. The summed E-state index contributed by atoms with van der Waals surface area (Å²) in [5.74, 6) is -0.426. The van der Waals surface area contributed by atoms with Crippen LogP contribution in [0, 0.1) is 10.5 Å². The molecule has 0 aliphatic heterocycles. The molecule has 1 rings (SSSR count). The van der Waals surface area contributed by atoms with E-state index >= 15 is 0 Å². The highest BCUT2D eigenvalue weighted by atomic mass is 127. The molecule has 0 unspecified atom stereocenters. The van der Waals surface area contributed by atoms with E-state index in [-0.39, 0.29) is 0 Å². The lowest BCUT2D eigenvalue weighted by Gasteiger charge is -2.10. The number of carbonyl (C=O) groups is 1. The van der Waals surface area contributed by atoms with Gasteiger partial charge in [0.2, 0.25) is 0 Å². The maximum Gasteiger partial charge on any atom is 0.251 e. The molecule has 0 aliphatic carbocycles. The fourth-order valence-corrected chi connectivity index (χ4v) is 1.68. The Morgan fingerprint density at radius 3 is 2.79 bits per heavy atom. The number of hydrogen-bond donors (Lipinski definition) is 2. The molecular weight excluding hydrogens is 291 g/mol. The minimum Gasteiger partial charge on any atom is -0.366 e. The number of anilines is 1. The number of hydrogen-bond acceptors (Lipinski definition) is 2. The van der Waals surface area contributed by atoms with E-state index in [1.165, 1.54) is 6.20 Å². The minimum atomic E-state index is -0.426. The van der Waals surface area contributed by atoms with Crippen LogP contribution in [0.2, 0.25) is 0 Å². The van der Waals surface area contributed by atoms with Crippen LogP contribution in [0.4, 0.5) is 5.69 Å². The lowest BCUT2D eigenvalue weighted by atomic mass is 10.1. The normalized spacial score (nSPS) is 9.57. The van der Waals surface area contributed by atoms with Gasteiger partial charge < -0.3 is 11.1 Å². The second kappa shape index (κ2) is 4.45. The topological polar surface area (TPSA) is 55.1 Å². The molecule has 1 aromatic rings. The Morgan fingerprint density at radius 1 is 1.64 bits per heavy atom. The Hall–Kier alpha value is -1.04. The second-order valence-corrected chi connectivity index (χ2v) is 3.97. The Labute approximate surface area is 96.5 Å². The summed E-state index contributed by atoms with van der Waals surface area (Å²) >= 11 is 2.17. The van der Waals surface area contributed by atoms with E-state index in [1.807, 2.05) is 19.1 Å². The van der Waals surface area contributed by atoms with Gasteiger partial charge in [-0.2, -0.15) is 0 Å². The van der Waals surface area contributed by atoms with Crippen molar-refractivity contribution in [2.75, 3.05) is 5.32 Å². The first-order valence-electron chi connectivity index (χ1n) is 4.04. The fourth-order valence-electron chi connectivity index (χ4n) is 1.23. The molecule has 0 heterocycles. The van der Waals surface area contributed by atoms with E-state index in [2.05, 4.69) is 34.5 Å². The highest BCUT2D eigenvalue weighted by molar-refractivity contribution is 14.1. The second-order valence-electron chi connectivity index (χ2n) is 2.81. The average molecular weight is 302 g/mol. The summed E-state index contributed by atoms with van der Waals surface area (Å²) < 4.78 is 1.02. The first-order chi connectivity index (χ1) is 6.57. The molecule has 3 N–H and O–H groups in total. The molecule has 4 heteroatoms. The molecule has 1 aromatic carbocycles. The van der Waals surface area contributed by atoms with Gasteiger partial charge in [0.25, 0.3) is 5.91 Å². The van der Waals surface area contributed by atoms with Crippen LogP contribution in [0.1, 0.15) is 15.9 Å². The van der Waals surface area contributed by atoms with Gasteiger partial charge in [0.15, 0.2) is 0 Å². The van der Waals surface area contributed by atoms with Crippen molar-refractivity contribution < 1.29 is 4.79 Å². The van der Waals surface area contributed by atoms with Crippen molar-refractivity contribution >= 4 is 34.2 Å². The number of rotatable bonds is 3. The van der Waals surface area contributed by atoms with Gasteiger partial charge in [-0.05, 0) is 53.4 Å². The number of amides is 1. The summed E-state index contributed by atoms with van der Waals surface area (Å²) in [5.41, 5.74) is 7.42. The van der Waals surface area contributed by atoms with E-state index < -0.39 is 5.91 Å². The predicted octanol–water partition coefficient (Wildman–Crippen LogP) is 2.25. The summed E-state index contributed by atoms with van der Waals surface area (Å²) in [5, 5.41) is 2.89. The van der Waals surface area contributed by atoms with E-state index in [4.69, 9.17) is 5.73 Å². The monoisotopic (exact) mass is 302 g/mol. The van der Waals surface area contributed by atoms with Crippen LogP contribution in [-0.2, 0) is 0 Å². The molecule has 0 aromatic heterocycles. The van der Waals surface area contributed by atoms with E-state index in [0.717, 1.165) is 9.13 Å². The molecule has 0 saturated carbocycles. The number of carbonyl (C=O) groups excluding carboxylic acids is 1. The van der Waals surface area contributed by atoms with E-state index in [1.54, 1.807) is 0 Å². The first kappa shape index (κ1) is 11.0. The zero-order chi connectivity index (χ0) is 10.7. The van der Waals surface area contributed by atoms with Gasteiger partial charge in [0.1, 0.15) is 0 Å². The number of primary amides is 1. The third-order valence-electron chi connectivity index (χ3n) is 1.90. The van der Waals surface area contributed by atoms with E-state index in [0.29, 0.717) is 11.3 Å². The first-order valence-corrected chi connectivity index (χ1v) is 5.12. The summed E-state index contributed by atoms with van der Waals surface area (Å²) in [6.07, 6.45) is 1.52. The highest BCUT2D eigenvalue weighted by Gasteiger charge is 2.12. The van der Waals surface area contributed by atoms with Crippen molar-refractivity contribution in [3.05, 3.63) is 39.6 Å². The molecule has 0 atom stereocenters. The SMILES string of the molecule is C=CNc1ccc(I)c(C)c1C(N)=O. The fraction of sp³-hybridized carbons (Fsp3) is 0.100. The van der Waals surface area contributed by atoms with Crippen LogP contribution in [-0.4, -0.2) is 5.91 Å². The zero-order valence-electron chi connectivity index (χ0n) is 7.80. The predicted molar refractivity (Wildman–Crippen MR) is 66.2 cm³/mol. The Balaban J connectivity index is 3.37. The molecule has 1 amide bonds. The van der Waals surface area contributed by atoms with Crippen LogP contribution in [0.15, 0.2) is 24.9 Å². The van der Waals surface area contributed by atoms with Gasteiger partial charge in [-0.15, -0.1) is 0 Å². The van der Waals surface area contributed by atoms with Gasteiger partial charge in [-0.25, -0.2) is 0 Å². The third kappa shape index (κ3) is 2.06. The molecule has 0 saturated heterocycles. The van der Waals surface area contributed by atoms with E-state index in [9.17, 15) is 4.79 Å². The number of halogens is 1. The van der Waals surface area contributed by atoms with Crippen LogP contribution in [0.25, 0.3) is 0 Å². The smallest absolute Gasteiger partial charge is 0.251 e. The van der Waals surface area contributed by atoms with Crippen molar-refractivity contribution in [2.45, 2.75) is 6.92 Å². The molecule has 14 heavy (non-hydrogen) atoms. The average Bonchev–Trinajstić information content (AvgIpc) is 2.11. The zero-order valence-corrected chi connectivity index (χ0v) is 9.96. The van der Waals surface area contributed by atoms with Gasteiger partial charge >= 0.3 is 0 Å². The van der Waals surface area contributed by atoms with Crippen LogP contribution in [0.5, 0.6) is 0 Å². The van der Waals surface area contributed by atoms with Crippen LogP contribution < -0.4 is 11.1 Å². The van der Waals surface area contributed by atoms with Crippen LogP contribution >= 0.6 is 22.6 Å². The number of benzene rings is 1. The molecule has 74 valence electrons. The Bertz CT molecular complexity index is 388. The highest BCUT2D eigenvalue weighted by Crippen LogP contribution is 2.23. The third-order valence-corrected chi connectivity index (χ3v) is 3.07. The summed E-state index contributed by atoms with van der Waals surface area (Å²) in [6, 6.07) is 3.74. The van der Waals surface area contributed by atoms with Gasteiger partial charge in [-0.3, -0.25) is 4.79 Å². The standard InChI is InChI=1S/C10H11IN2O/c1-3-13-8-5-4-7(11)6(2)9(8)10(12)14/h3-5,13H,1H2,2H3,(H2,12,14). The Kier molecular flexibility index (Phi) is 3.51. The lowest BCUT2D eigenvalue weighted by molar-refractivity contribution is 0.100. The number of nitrogens with two attached hydrogens (primary N) is 1. The number of nitrogens with one attached hydrogen (secondary N) is 1.